The maximum absolute atomic E-state index is 10.3. The first kappa shape index (κ1) is 16.3. The lowest BCUT2D eigenvalue weighted by atomic mass is 9.91. The van der Waals surface area contributed by atoms with Crippen molar-refractivity contribution < 1.29 is 40.2 Å². The summed E-state index contributed by atoms with van der Waals surface area (Å²) in [7, 11) is 0. The summed E-state index contributed by atoms with van der Waals surface area (Å²) in [5.41, 5.74) is 0. The first-order valence-corrected chi connectivity index (χ1v) is 6.06. The third-order valence-corrected chi connectivity index (χ3v) is 3.14. The number of carbonyl (C=O) groups is 1. The molecule has 8 nitrogen and oxygen atoms in total. The molecule has 0 amide bonds. The second kappa shape index (κ2) is 6.60. The molecule has 1 rings (SSSR count). The van der Waals surface area contributed by atoms with Crippen LogP contribution in [0.2, 0.25) is 0 Å². The van der Waals surface area contributed by atoms with Crippen LogP contribution in [0.3, 0.4) is 0 Å². The maximum Gasteiger partial charge on any atom is 0.303 e. The number of hydrogen-bond donors (Lipinski definition) is 6. The highest BCUT2D eigenvalue weighted by Gasteiger charge is 2.49. The molecule has 19 heavy (non-hydrogen) atoms. The molecule has 1 heterocycles. The lowest BCUT2D eigenvalue weighted by Crippen LogP contribution is -2.61. The molecule has 1 aliphatic rings. The Kier molecular flexibility index (Phi) is 5.65. The van der Waals surface area contributed by atoms with E-state index in [1.165, 1.54) is 0 Å². The van der Waals surface area contributed by atoms with Gasteiger partial charge in [0.2, 0.25) is 0 Å². The smallest absolute Gasteiger partial charge is 0.303 e. The Morgan fingerprint density at radius 2 is 2.00 bits per heavy atom. The molecule has 1 unspecified atom stereocenters. The first-order chi connectivity index (χ1) is 8.76. The van der Waals surface area contributed by atoms with Gasteiger partial charge in [0.25, 0.3) is 0 Å². The fraction of sp³-hybridized carbons (Fsp3) is 0.909. The molecule has 5 atom stereocenters. The van der Waals surface area contributed by atoms with E-state index in [9.17, 15) is 30.3 Å². The summed E-state index contributed by atoms with van der Waals surface area (Å²) in [5.74, 6) is -3.14. The zero-order valence-corrected chi connectivity index (χ0v) is 10.3. The van der Waals surface area contributed by atoms with Gasteiger partial charge in [0.15, 0.2) is 5.79 Å². The van der Waals surface area contributed by atoms with Crippen LogP contribution in [0.4, 0.5) is 0 Å². The van der Waals surface area contributed by atoms with Crippen molar-refractivity contribution >= 4 is 5.97 Å². The van der Waals surface area contributed by atoms with E-state index in [1.807, 2.05) is 0 Å². The van der Waals surface area contributed by atoms with Crippen molar-refractivity contribution in [2.24, 2.45) is 0 Å². The molecule has 6 N–H and O–H groups in total. The van der Waals surface area contributed by atoms with E-state index in [0.717, 1.165) is 0 Å². The Hall–Kier alpha value is -0.770. The summed E-state index contributed by atoms with van der Waals surface area (Å²) < 4.78 is 4.88. The molecule has 112 valence electrons. The highest BCUT2D eigenvalue weighted by molar-refractivity contribution is 5.66. The molecule has 0 bridgehead atoms. The van der Waals surface area contributed by atoms with E-state index >= 15 is 0 Å². The summed E-state index contributed by atoms with van der Waals surface area (Å²) >= 11 is 0. The van der Waals surface area contributed by atoms with Crippen LogP contribution in [0.25, 0.3) is 0 Å². The quantitative estimate of drug-likeness (QED) is 0.321. The molecule has 0 aliphatic carbocycles. The van der Waals surface area contributed by atoms with Crippen LogP contribution in [0.15, 0.2) is 0 Å². The summed E-state index contributed by atoms with van der Waals surface area (Å²) in [5, 5.41) is 56.4. The predicted molar refractivity (Wildman–Crippen MR) is 61.0 cm³/mol. The van der Waals surface area contributed by atoms with Crippen LogP contribution in [-0.4, -0.2) is 73.4 Å². The summed E-state index contributed by atoms with van der Waals surface area (Å²) in [6.45, 7) is -0.365. The van der Waals surface area contributed by atoms with Crippen LogP contribution in [0, 0.1) is 0 Å². The van der Waals surface area contributed by atoms with Crippen LogP contribution in [-0.2, 0) is 9.53 Å². The van der Waals surface area contributed by atoms with Crippen molar-refractivity contribution in [1.29, 1.82) is 0 Å². The van der Waals surface area contributed by atoms with Crippen LogP contribution in [0.5, 0.6) is 0 Å². The van der Waals surface area contributed by atoms with Gasteiger partial charge in [-0.2, -0.15) is 0 Å². The third-order valence-electron chi connectivity index (χ3n) is 3.14. The molecule has 1 aliphatic heterocycles. The van der Waals surface area contributed by atoms with Crippen LogP contribution < -0.4 is 0 Å². The van der Waals surface area contributed by atoms with Gasteiger partial charge >= 0.3 is 5.97 Å². The number of aliphatic carboxylic acids is 1. The van der Waals surface area contributed by atoms with Gasteiger partial charge in [-0.15, -0.1) is 0 Å². The fourth-order valence-corrected chi connectivity index (χ4v) is 2.00. The van der Waals surface area contributed by atoms with E-state index in [1.54, 1.807) is 0 Å². The van der Waals surface area contributed by atoms with Gasteiger partial charge in [-0.1, -0.05) is 0 Å². The zero-order chi connectivity index (χ0) is 14.6. The van der Waals surface area contributed by atoms with Gasteiger partial charge in [0, 0.05) is 12.8 Å². The summed E-state index contributed by atoms with van der Waals surface area (Å²) in [6, 6.07) is 0. The molecule has 1 saturated heterocycles. The number of ether oxygens (including phenoxy) is 1. The Morgan fingerprint density at radius 1 is 1.37 bits per heavy atom. The molecule has 1 fully saturated rings. The van der Waals surface area contributed by atoms with Crippen molar-refractivity contribution in [1.82, 2.24) is 0 Å². The molecule has 0 aromatic rings. The number of aliphatic hydroxyl groups excluding tert-OH is 4. The highest BCUT2D eigenvalue weighted by Crippen LogP contribution is 2.29. The Labute approximate surface area is 109 Å². The Morgan fingerprint density at radius 3 is 2.58 bits per heavy atom. The number of aliphatic hydroxyl groups is 5. The number of carboxylic acid groups (broad SMARTS) is 1. The molecule has 0 radical (unpaired) electrons. The summed E-state index contributed by atoms with van der Waals surface area (Å²) in [6.07, 6.45) is -5.86. The third kappa shape index (κ3) is 4.37. The van der Waals surface area contributed by atoms with Gasteiger partial charge in [-0.25, -0.2) is 0 Å². The van der Waals surface area contributed by atoms with Crippen molar-refractivity contribution in [3.05, 3.63) is 0 Å². The standard InChI is InChI=1S/C11H20O8/c12-6(2-1-3-8(14)15)4-11(18)10(17)9(16)7(13)5-19-11/h6-7,9-10,12-13,16-18H,1-5H2,(H,14,15)/t6?,7-,9+,10-,11+/m1/s1. The molecule has 0 aromatic heterocycles. The largest absolute Gasteiger partial charge is 0.481 e. The molecule has 0 aromatic carbocycles. The lowest BCUT2D eigenvalue weighted by Gasteiger charge is -2.42. The molecule has 8 heteroatoms. The normalized spacial score (nSPS) is 37.0. The fourth-order valence-electron chi connectivity index (χ4n) is 2.00. The topological polar surface area (TPSA) is 148 Å². The van der Waals surface area contributed by atoms with Crippen LogP contribution >= 0.6 is 0 Å². The molecular weight excluding hydrogens is 260 g/mol. The predicted octanol–water partition coefficient (Wildman–Crippen LogP) is -2.21. The van der Waals surface area contributed by atoms with E-state index < -0.39 is 36.2 Å². The van der Waals surface area contributed by atoms with Gasteiger partial charge in [-0.3, -0.25) is 4.79 Å². The minimum Gasteiger partial charge on any atom is -0.481 e. The SMILES string of the molecule is O=C(O)CCCC(O)C[C@]1(O)OC[C@@H](O)[C@H](O)[C@H]1O. The second-order valence-corrected chi connectivity index (χ2v) is 4.80. The first-order valence-electron chi connectivity index (χ1n) is 6.06. The monoisotopic (exact) mass is 280 g/mol. The average molecular weight is 280 g/mol. The van der Waals surface area contributed by atoms with Crippen molar-refractivity contribution in [2.75, 3.05) is 6.61 Å². The van der Waals surface area contributed by atoms with Crippen molar-refractivity contribution in [3.8, 4) is 0 Å². The zero-order valence-electron chi connectivity index (χ0n) is 10.3. The number of rotatable bonds is 6. The van der Waals surface area contributed by atoms with E-state index in [2.05, 4.69) is 0 Å². The second-order valence-electron chi connectivity index (χ2n) is 4.80. The molecule has 0 spiro atoms. The van der Waals surface area contributed by atoms with Gasteiger partial charge in [0.05, 0.1) is 12.7 Å². The maximum atomic E-state index is 10.3. The summed E-state index contributed by atoms with van der Waals surface area (Å²) in [4.78, 5) is 10.3. The minimum absolute atomic E-state index is 0.111. The Bertz CT molecular complexity index is 309. The van der Waals surface area contributed by atoms with Gasteiger partial charge in [0.1, 0.15) is 18.3 Å². The number of hydrogen-bond acceptors (Lipinski definition) is 7. The van der Waals surface area contributed by atoms with Gasteiger partial charge in [-0.05, 0) is 12.8 Å². The van der Waals surface area contributed by atoms with E-state index in [-0.39, 0.29) is 32.3 Å². The lowest BCUT2D eigenvalue weighted by molar-refractivity contribution is -0.329. The van der Waals surface area contributed by atoms with Crippen molar-refractivity contribution in [2.45, 2.75) is 55.9 Å². The Balaban J connectivity index is 2.47. The molecular formula is C11H20O8. The number of carboxylic acids is 1. The highest BCUT2D eigenvalue weighted by atomic mass is 16.6. The molecule has 0 saturated carbocycles. The average Bonchev–Trinajstić information content (AvgIpc) is 2.31. The van der Waals surface area contributed by atoms with E-state index in [4.69, 9.17) is 9.84 Å². The van der Waals surface area contributed by atoms with Crippen LogP contribution in [0.1, 0.15) is 25.7 Å². The van der Waals surface area contributed by atoms with E-state index in [0.29, 0.717) is 0 Å². The van der Waals surface area contributed by atoms with Crippen molar-refractivity contribution in [3.63, 3.8) is 0 Å². The van der Waals surface area contributed by atoms with Gasteiger partial charge < -0.3 is 35.4 Å². The minimum atomic E-state index is -2.15.